The van der Waals surface area contributed by atoms with Crippen molar-refractivity contribution in [3.05, 3.63) is 63.6 Å². The highest BCUT2D eigenvalue weighted by molar-refractivity contribution is 6.30. The van der Waals surface area contributed by atoms with E-state index in [1.54, 1.807) is 24.3 Å². The quantitative estimate of drug-likeness (QED) is 0.491. The number of benzene rings is 2. The van der Waals surface area contributed by atoms with Crippen LogP contribution in [0.1, 0.15) is 58.2 Å². The van der Waals surface area contributed by atoms with Crippen LogP contribution in [0.5, 0.6) is 0 Å². The number of Topliss-reactive ketones (excluding diaryl/α,β-unsaturated/α-hetero) is 2. The average molecular weight is 525 g/mol. The lowest BCUT2D eigenvalue weighted by Gasteiger charge is -2.24. The highest BCUT2D eigenvalue weighted by atomic mass is 35.5. The zero-order chi connectivity index (χ0) is 26.3. The van der Waals surface area contributed by atoms with Gasteiger partial charge in [-0.1, -0.05) is 17.7 Å². The summed E-state index contributed by atoms with van der Waals surface area (Å²) in [5, 5.41) is 7.73. The van der Waals surface area contributed by atoms with E-state index in [-0.39, 0.29) is 52.6 Å². The summed E-state index contributed by atoms with van der Waals surface area (Å²) in [5.74, 6) is -1.77. The molecule has 8 nitrogen and oxygen atoms in total. The van der Waals surface area contributed by atoms with Crippen LogP contribution in [0.4, 0.5) is 4.39 Å². The summed E-state index contributed by atoms with van der Waals surface area (Å²) in [4.78, 5) is 53.2. The summed E-state index contributed by atoms with van der Waals surface area (Å²) in [6.07, 6.45) is 2.08. The van der Waals surface area contributed by atoms with Crippen molar-refractivity contribution in [2.75, 3.05) is 13.1 Å². The maximum Gasteiger partial charge on any atom is 0.251 e. The van der Waals surface area contributed by atoms with Gasteiger partial charge >= 0.3 is 0 Å². The summed E-state index contributed by atoms with van der Waals surface area (Å²) in [5.41, 5.74) is 2.04. The first-order valence-electron chi connectivity index (χ1n) is 12.3. The minimum atomic E-state index is -0.677. The maximum absolute atomic E-state index is 14.8. The second-order valence-electron chi connectivity index (χ2n) is 9.59. The van der Waals surface area contributed by atoms with Gasteiger partial charge in [0.15, 0.2) is 11.6 Å². The molecule has 0 unspecified atom stereocenters. The Bertz CT molecular complexity index is 1450. The summed E-state index contributed by atoms with van der Waals surface area (Å²) in [6, 6.07) is 7.41. The molecule has 0 spiro atoms. The van der Waals surface area contributed by atoms with Gasteiger partial charge in [0.2, 0.25) is 5.91 Å². The number of carbonyl (C=O) groups is 4. The van der Waals surface area contributed by atoms with E-state index in [0.717, 1.165) is 5.56 Å². The Morgan fingerprint density at radius 2 is 1.97 bits per heavy atom. The fourth-order valence-corrected chi connectivity index (χ4v) is 5.46. The lowest BCUT2D eigenvalue weighted by atomic mass is 9.98. The normalized spacial score (nSPS) is 19.1. The highest BCUT2D eigenvalue weighted by Gasteiger charge is 2.34. The minimum absolute atomic E-state index is 0.0566. The Morgan fingerprint density at radius 1 is 1.16 bits per heavy atom. The molecule has 2 aliphatic heterocycles. The molecule has 1 aromatic heterocycles. The van der Waals surface area contributed by atoms with E-state index in [1.807, 2.05) is 0 Å². The third-order valence-corrected chi connectivity index (χ3v) is 7.31. The third kappa shape index (κ3) is 4.87. The van der Waals surface area contributed by atoms with Gasteiger partial charge in [-0.05, 0) is 61.1 Å². The first-order valence-corrected chi connectivity index (χ1v) is 12.7. The first-order chi connectivity index (χ1) is 17.7. The van der Waals surface area contributed by atoms with Crippen LogP contribution in [-0.2, 0) is 29.0 Å². The second-order valence-corrected chi connectivity index (χ2v) is 10.0. The van der Waals surface area contributed by atoms with Crippen molar-refractivity contribution in [2.24, 2.45) is 0 Å². The maximum atomic E-state index is 14.8. The van der Waals surface area contributed by atoms with Crippen molar-refractivity contribution in [3.63, 3.8) is 0 Å². The van der Waals surface area contributed by atoms with Gasteiger partial charge in [0.25, 0.3) is 5.91 Å². The molecular weight excluding hydrogens is 499 g/mol. The summed E-state index contributed by atoms with van der Waals surface area (Å²) in [7, 11) is 0. The van der Waals surface area contributed by atoms with Crippen LogP contribution in [0.2, 0.25) is 5.02 Å². The number of aryl methyl sites for hydroxylation is 1. The average Bonchev–Trinajstić information content (AvgIpc) is 3.49. The van der Waals surface area contributed by atoms with E-state index in [2.05, 4.69) is 10.4 Å². The first kappa shape index (κ1) is 25.1. The number of hydrogen-bond acceptors (Lipinski definition) is 5. The van der Waals surface area contributed by atoms with Crippen LogP contribution in [-0.4, -0.2) is 57.2 Å². The summed E-state index contributed by atoms with van der Waals surface area (Å²) >= 11 is 6.12. The molecule has 10 heteroatoms. The molecule has 0 radical (unpaired) electrons. The molecule has 5 rings (SSSR count). The molecule has 192 valence electrons. The molecule has 3 aromatic rings. The van der Waals surface area contributed by atoms with E-state index in [0.29, 0.717) is 55.2 Å². The lowest BCUT2D eigenvalue weighted by Crippen LogP contribution is -2.43. The third-order valence-electron chi connectivity index (χ3n) is 7.03. The number of ketones is 2. The molecule has 1 N–H and O–H groups in total. The molecule has 2 amide bonds. The molecule has 2 aromatic carbocycles. The second kappa shape index (κ2) is 10.0. The van der Waals surface area contributed by atoms with Gasteiger partial charge in [0.1, 0.15) is 18.1 Å². The molecule has 3 heterocycles. The minimum Gasteiger partial charge on any atom is -0.352 e. The number of fused-ring (bicyclic) bond motifs is 4. The zero-order valence-electron chi connectivity index (χ0n) is 20.4. The zero-order valence-corrected chi connectivity index (χ0v) is 21.1. The lowest BCUT2D eigenvalue weighted by molar-refractivity contribution is -0.138. The van der Waals surface area contributed by atoms with Crippen LogP contribution in [0.15, 0.2) is 30.3 Å². The summed E-state index contributed by atoms with van der Waals surface area (Å²) < 4.78 is 16.2. The molecular formula is C27H26ClFN4O4. The smallest absolute Gasteiger partial charge is 0.251 e. The van der Waals surface area contributed by atoms with Crippen LogP contribution in [0.25, 0.3) is 10.9 Å². The fourth-order valence-electron chi connectivity index (χ4n) is 5.20. The molecule has 0 aliphatic carbocycles. The Labute approximate surface area is 217 Å². The van der Waals surface area contributed by atoms with Crippen molar-refractivity contribution in [2.45, 2.75) is 51.6 Å². The molecule has 4 bridgehead atoms. The molecule has 0 saturated carbocycles. The largest absolute Gasteiger partial charge is 0.352 e. The van der Waals surface area contributed by atoms with Gasteiger partial charge in [0.05, 0.1) is 16.6 Å². The van der Waals surface area contributed by atoms with Crippen LogP contribution in [0.3, 0.4) is 0 Å². The Hall–Kier alpha value is -3.59. The van der Waals surface area contributed by atoms with Crippen molar-refractivity contribution in [3.8, 4) is 0 Å². The number of amides is 2. The molecule has 1 saturated heterocycles. The summed E-state index contributed by atoms with van der Waals surface area (Å²) in [6.45, 7) is 1.96. The molecule has 37 heavy (non-hydrogen) atoms. The van der Waals surface area contributed by atoms with Gasteiger partial charge in [-0.15, -0.1) is 0 Å². The van der Waals surface area contributed by atoms with E-state index in [4.69, 9.17) is 11.6 Å². The predicted molar refractivity (Wildman–Crippen MR) is 135 cm³/mol. The molecule has 1 atom stereocenters. The van der Waals surface area contributed by atoms with E-state index in [9.17, 15) is 23.6 Å². The van der Waals surface area contributed by atoms with Gasteiger partial charge in [-0.25, -0.2) is 4.39 Å². The SMILES string of the molecule is CC(=O)c1nn2c3cc(ccc13)C(=O)NCCCc1cc(Cl)c(F)c(c1)CC(=O)[C@@H]1CCCN1C(=O)C2. The van der Waals surface area contributed by atoms with Crippen LogP contribution < -0.4 is 5.32 Å². The van der Waals surface area contributed by atoms with Crippen LogP contribution in [0, 0.1) is 5.82 Å². The number of nitrogens with zero attached hydrogens (tertiary/aromatic N) is 3. The van der Waals surface area contributed by atoms with Crippen molar-refractivity contribution >= 4 is 45.9 Å². The van der Waals surface area contributed by atoms with Gasteiger partial charge in [0, 0.05) is 37.4 Å². The molecule has 1 fully saturated rings. The number of halogens is 2. The monoisotopic (exact) mass is 524 g/mol. The fraction of sp³-hybridized carbons (Fsp3) is 0.370. The number of nitrogens with one attached hydrogen (secondary N) is 1. The Kier molecular flexibility index (Phi) is 6.81. The van der Waals surface area contributed by atoms with Crippen molar-refractivity contribution in [1.82, 2.24) is 20.0 Å². The van der Waals surface area contributed by atoms with E-state index < -0.39 is 11.9 Å². The number of hydrogen-bond donors (Lipinski definition) is 1. The van der Waals surface area contributed by atoms with Crippen molar-refractivity contribution < 1.29 is 23.6 Å². The number of carbonyl (C=O) groups excluding carboxylic acids is 4. The number of rotatable bonds is 1. The van der Waals surface area contributed by atoms with Crippen molar-refractivity contribution in [1.29, 1.82) is 0 Å². The molecule has 2 aliphatic rings. The van der Waals surface area contributed by atoms with Gasteiger partial charge in [-0.3, -0.25) is 23.9 Å². The van der Waals surface area contributed by atoms with Gasteiger partial charge in [-0.2, -0.15) is 5.10 Å². The predicted octanol–water partition coefficient (Wildman–Crippen LogP) is 3.51. The topological polar surface area (TPSA) is 101 Å². The van der Waals surface area contributed by atoms with E-state index >= 15 is 0 Å². The number of aromatic nitrogens is 2. The Balaban J connectivity index is 1.55. The Morgan fingerprint density at radius 3 is 2.76 bits per heavy atom. The van der Waals surface area contributed by atoms with Gasteiger partial charge < -0.3 is 10.2 Å². The van der Waals surface area contributed by atoms with E-state index in [1.165, 1.54) is 22.6 Å². The van der Waals surface area contributed by atoms with Crippen LogP contribution >= 0.6 is 11.6 Å². The standard InChI is InChI=1S/C27H26ClFN4O4/c1-15(34)26-19-7-6-17-12-22(19)33(31-26)14-24(36)32-9-3-5-21(32)23(35)13-18-10-16(11-20(28)25(18)29)4-2-8-30-27(17)37/h6-7,10-12,21H,2-5,8-9,13-14H2,1H3,(H,30,37)/t21-/m0/s1. The highest BCUT2D eigenvalue weighted by Crippen LogP contribution is 2.27.